The second kappa shape index (κ2) is 4.43. The van der Waals surface area contributed by atoms with Gasteiger partial charge in [0.1, 0.15) is 0 Å². The molecule has 4 nitrogen and oxygen atoms in total. The molecule has 0 aromatic carbocycles. The van der Waals surface area contributed by atoms with Crippen LogP contribution in [0.4, 0.5) is 5.88 Å². The van der Waals surface area contributed by atoms with Gasteiger partial charge in [0.2, 0.25) is 0 Å². The third-order valence-corrected chi connectivity index (χ3v) is 1.12. The average molecular weight is 163 g/mol. The van der Waals surface area contributed by atoms with Crippen LogP contribution >= 0.6 is 0 Å². The minimum atomic E-state index is -1.16. The molecule has 0 fully saturated rings. The number of carboxylic acids is 1. The van der Waals surface area contributed by atoms with Crippen molar-refractivity contribution in [2.45, 2.75) is 6.42 Å². The first-order chi connectivity index (χ1) is 4.70. The van der Waals surface area contributed by atoms with E-state index in [0.29, 0.717) is 5.56 Å². The molecule has 0 bridgehead atoms. The van der Waals surface area contributed by atoms with Crippen LogP contribution in [-0.2, 0) is 11.2 Å². The molecule has 0 spiro atoms. The maximum absolute atomic E-state index is 10.0. The third-order valence-electron chi connectivity index (χ3n) is 1.12. The summed E-state index contributed by atoms with van der Waals surface area (Å²) in [4.78, 5) is 10.0. The summed E-state index contributed by atoms with van der Waals surface area (Å²) in [5, 5.41) is 10.0. The average Bonchev–Trinajstić information content (AvgIpc) is 2.15. The topological polar surface area (TPSA) is 79.3 Å². The fourth-order valence-corrected chi connectivity index (χ4v) is 0.649. The van der Waals surface area contributed by atoms with E-state index in [1.165, 1.54) is 12.3 Å². The van der Waals surface area contributed by atoms with Crippen LogP contribution in [0.25, 0.3) is 0 Å². The molecule has 1 rings (SSSR count). The van der Waals surface area contributed by atoms with Crippen LogP contribution in [0.3, 0.4) is 0 Å². The third kappa shape index (κ3) is 2.96. The van der Waals surface area contributed by atoms with Gasteiger partial charge in [0, 0.05) is 18.0 Å². The fraction of sp³-hybridized carbons (Fsp3) is 0.167. The minimum absolute atomic E-state index is 0. The van der Waals surface area contributed by atoms with Gasteiger partial charge in [0.25, 0.3) is 0 Å². The number of carbonyl (C=O) groups excluding carboxylic acids is 1. The Kier molecular flexibility index (Phi) is 4.25. The number of nitrogen functional groups attached to an aromatic ring is 1. The first-order valence-electron chi connectivity index (χ1n) is 2.72. The molecule has 0 unspecified atom stereocenters. The van der Waals surface area contributed by atoms with E-state index in [-0.39, 0.29) is 41.9 Å². The van der Waals surface area contributed by atoms with Crippen molar-refractivity contribution in [3.8, 4) is 0 Å². The van der Waals surface area contributed by atoms with Crippen LogP contribution in [-0.4, -0.2) is 5.97 Å². The molecule has 54 valence electrons. The molecule has 11 heavy (non-hydrogen) atoms. The van der Waals surface area contributed by atoms with E-state index in [2.05, 4.69) is 4.42 Å². The molecular weight excluding hydrogens is 157 g/mol. The Hall–Kier alpha value is -0.450. The number of rotatable bonds is 2. The SMILES string of the molecule is Nc1occc1CC(=O)[O-].[Na+]. The van der Waals surface area contributed by atoms with Crippen LogP contribution in [0.15, 0.2) is 16.7 Å². The molecule has 0 atom stereocenters. The Balaban J connectivity index is 0.000001000. The molecule has 5 heteroatoms. The first-order valence-corrected chi connectivity index (χ1v) is 2.72. The predicted molar refractivity (Wildman–Crippen MR) is 31.8 cm³/mol. The summed E-state index contributed by atoms with van der Waals surface area (Å²) in [6.07, 6.45) is 1.15. The molecule has 1 aromatic heterocycles. The fourth-order valence-electron chi connectivity index (χ4n) is 0.649. The normalized spacial score (nSPS) is 8.73. The predicted octanol–water partition coefficient (Wildman–Crippen LogP) is -3.84. The number of hydrogen-bond acceptors (Lipinski definition) is 4. The molecule has 1 heterocycles. The molecule has 0 aliphatic rings. The molecule has 0 aliphatic carbocycles. The molecule has 1 aromatic rings. The van der Waals surface area contributed by atoms with Crippen LogP contribution in [0.1, 0.15) is 5.56 Å². The van der Waals surface area contributed by atoms with Gasteiger partial charge in [-0.3, -0.25) is 0 Å². The van der Waals surface area contributed by atoms with Crippen LogP contribution in [0.5, 0.6) is 0 Å². The van der Waals surface area contributed by atoms with E-state index in [0.717, 1.165) is 0 Å². The van der Waals surface area contributed by atoms with E-state index in [1.807, 2.05) is 0 Å². The molecule has 0 radical (unpaired) electrons. The maximum Gasteiger partial charge on any atom is 1.00 e. The molecule has 0 amide bonds. The molecular formula is C6H6NNaO3. The second-order valence-corrected chi connectivity index (χ2v) is 1.86. The monoisotopic (exact) mass is 163 g/mol. The summed E-state index contributed by atoms with van der Waals surface area (Å²) in [5.74, 6) is -1.02. The largest absolute Gasteiger partial charge is 1.00 e. The maximum atomic E-state index is 10.0. The molecule has 0 saturated carbocycles. The Labute approximate surface area is 85.7 Å². The summed E-state index contributed by atoms with van der Waals surface area (Å²) >= 11 is 0. The smallest absolute Gasteiger partial charge is 0.550 e. The van der Waals surface area contributed by atoms with Crippen LogP contribution < -0.4 is 40.4 Å². The Morgan fingerprint density at radius 3 is 2.73 bits per heavy atom. The van der Waals surface area contributed by atoms with Gasteiger partial charge in [0.15, 0.2) is 5.88 Å². The Morgan fingerprint density at radius 2 is 2.36 bits per heavy atom. The number of anilines is 1. The van der Waals surface area contributed by atoms with Crippen molar-refractivity contribution in [1.29, 1.82) is 0 Å². The Bertz CT molecular complexity index is 246. The quantitative estimate of drug-likeness (QED) is 0.453. The molecule has 0 aliphatic heterocycles. The van der Waals surface area contributed by atoms with Crippen molar-refractivity contribution in [3.05, 3.63) is 17.9 Å². The van der Waals surface area contributed by atoms with Gasteiger partial charge in [-0.05, 0) is 6.07 Å². The van der Waals surface area contributed by atoms with E-state index in [9.17, 15) is 9.90 Å². The van der Waals surface area contributed by atoms with Gasteiger partial charge < -0.3 is 20.1 Å². The number of aliphatic carboxylic acids is 1. The van der Waals surface area contributed by atoms with E-state index >= 15 is 0 Å². The van der Waals surface area contributed by atoms with Gasteiger partial charge >= 0.3 is 29.6 Å². The van der Waals surface area contributed by atoms with Gasteiger partial charge in [-0.25, -0.2) is 0 Å². The summed E-state index contributed by atoms with van der Waals surface area (Å²) in [6, 6.07) is 1.51. The van der Waals surface area contributed by atoms with E-state index in [1.54, 1.807) is 0 Å². The standard InChI is InChI=1S/C6H7NO3.Na/c7-6-4(1-2-10-6)3-5(8)9;/h1-2H,3,7H2,(H,8,9);/q;+1/p-1. The minimum Gasteiger partial charge on any atom is -0.550 e. The van der Waals surface area contributed by atoms with E-state index in [4.69, 9.17) is 5.73 Å². The zero-order valence-electron chi connectivity index (χ0n) is 6.16. The van der Waals surface area contributed by atoms with Gasteiger partial charge in [0.05, 0.1) is 6.26 Å². The van der Waals surface area contributed by atoms with Crippen molar-refractivity contribution >= 4 is 11.9 Å². The summed E-state index contributed by atoms with van der Waals surface area (Å²) in [5.41, 5.74) is 5.69. The van der Waals surface area contributed by atoms with Crippen LogP contribution in [0.2, 0.25) is 0 Å². The number of hydrogen-bond donors (Lipinski definition) is 1. The van der Waals surface area contributed by atoms with Gasteiger partial charge in [-0.1, -0.05) is 0 Å². The van der Waals surface area contributed by atoms with Crippen molar-refractivity contribution < 1.29 is 43.9 Å². The second-order valence-electron chi connectivity index (χ2n) is 1.86. The summed E-state index contributed by atoms with van der Waals surface area (Å²) in [6.45, 7) is 0. The molecule has 2 N–H and O–H groups in total. The Morgan fingerprint density at radius 1 is 1.73 bits per heavy atom. The number of carbonyl (C=O) groups is 1. The zero-order chi connectivity index (χ0) is 7.56. The van der Waals surface area contributed by atoms with E-state index < -0.39 is 5.97 Å². The first kappa shape index (κ1) is 10.6. The van der Waals surface area contributed by atoms with Crippen molar-refractivity contribution in [3.63, 3.8) is 0 Å². The van der Waals surface area contributed by atoms with Crippen LogP contribution in [0, 0.1) is 0 Å². The van der Waals surface area contributed by atoms with Gasteiger partial charge in [-0.2, -0.15) is 0 Å². The van der Waals surface area contributed by atoms with Gasteiger partial charge in [-0.15, -0.1) is 0 Å². The number of carboxylic acid groups (broad SMARTS) is 1. The number of nitrogens with two attached hydrogens (primary N) is 1. The van der Waals surface area contributed by atoms with Crippen molar-refractivity contribution in [2.24, 2.45) is 0 Å². The summed E-state index contributed by atoms with van der Waals surface area (Å²) < 4.78 is 4.65. The summed E-state index contributed by atoms with van der Waals surface area (Å²) in [7, 11) is 0. The van der Waals surface area contributed by atoms with Crippen molar-refractivity contribution in [2.75, 3.05) is 5.73 Å². The van der Waals surface area contributed by atoms with Crippen molar-refractivity contribution in [1.82, 2.24) is 0 Å². The zero-order valence-corrected chi connectivity index (χ0v) is 8.16. The molecule has 0 saturated heterocycles. The number of furan rings is 1.